The van der Waals surface area contributed by atoms with Crippen molar-refractivity contribution in [3.63, 3.8) is 0 Å². The van der Waals surface area contributed by atoms with Gasteiger partial charge in [-0.25, -0.2) is 9.38 Å². The van der Waals surface area contributed by atoms with Crippen LogP contribution in [0.5, 0.6) is 0 Å². The van der Waals surface area contributed by atoms with Crippen molar-refractivity contribution in [3.05, 3.63) is 35.6 Å². The van der Waals surface area contributed by atoms with Gasteiger partial charge in [-0.1, -0.05) is 19.1 Å². The highest BCUT2D eigenvalue weighted by Crippen LogP contribution is 2.15. The highest BCUT2D eigenvalue weighted by molar-refractivity contribution is 14.0. The predicted octanol–water partition coefficient (Wildman–Crippen LogP) is 2.99. The summed E-state index contributed by atoms with van der Waals surface area (Å²) in [5.74, 6) is 1.16. The molecule has 106 valence electrons. The SMILES string of the molecule is CC1CCN(C(N)=NCc2ccc(F)cc2)CC1.I. The Morgan fingerprint density at radius 2 is 1.89 bits per heavy atom. The highest BCUT2D eigenvalue weighted by Gasteiger charge is 2.16. The van der Waals surface area contributed by atoms with Crippen molar-refractivity contribution in [2.24, 2.45) is 16.6 Å². The standard InChI is InChI=1S/C14H20FN3.HI/c1-11-6-8-18(9-7-11)14(16)17-10-12-2-4-13(15)5-3-12;/h2-5,11H,6-10H2,1H3,(H2,16,17);1H. The van der Waals surface area contributed by atoms with Crippen molar-refractivity contribution in [3.8, 4) is 0 Å². The Labute approximate surface area is 131 Å². The number of rotatable bonds is 2. The molecule has 1 saturated heterocycles. The second-order valence-electron chi connectivity index (χ2n) is 4.97. The Balaban J connectivity index is 0.00000180. The number of aliphatic imine (C=N–C) groups is 1. The van der Waals surface area contributed by atoms with E-state index >= 15 is 0 Å². The molecule has 2 N–H and O–H groups in total. The van der Waals surface area contributed by atoms with Gasteiger partial charge in [0.25, 0.3) is 0 Å². The van der Waals surface area contributed by atoms with Crippen LogP contribution in [0, 0.1) is 11.7 Å². The van der Waals surface area contributed by atoms with Gasteiger partial charge < -0.3 is 10.6 Å². The van der Waals surface area contributed by atoms with Crippen molar-refractivity contribution in [2.75, 3.05) is 13.1 Å². The Morgan fingerprint density at radius 1 is 1.32 bits per heavy atom. The van der Waals surface area contributed by atoms with E-state index in [-0.39, 0.29) is 29.8 Å². The number of piperidine rings is 1. The van der Waals surface area contributed by atoms with Gasteiger partial charge in [0.1, 0.15) is 5.82 Å². The monoisotopic (exact) mass is 377 g/mol. The van der Waals surface area contributed by atoms with Crippen molar-refractivity contribution in [1.82, 2.24) is 4.90 Å². The lowest BCUT2D eigenvalue weighted by Crippen LogP contribution is -2.42. The topological polar surface area (TPSA) is 41.6 Å². The number of nitrogens with two attached hydrogens (primary N) is 1. The summed E-state index contributed by atoms with van der Waals surface area (Å²) in [5.41, 5.74) is 6.95. The van der Waals surface area contributed by atoms with E-state index in [1.807, 2.05) is 0 Å². The smallest absolute Gasteiger partial charge is 0.191 e. The van der Waals surface area contributed by atoms with E-state index in [9.17, 15) is 4.39 Å². The fraction of sp³-hybridized carbons (Fsp3) is 0.500. The first-order chi connectivity index (χ1) is 8.65. The minimum Gasteiger partial charge on any atom is -0.370 e. The van der Waals surface area contributed by atoms with Crippen LogP contribution >= 0.6 is 24.0 Å². The molecular formula is C14H21FIN3. The highest BCUT2D eigenvalue weighted by atomic mass is 127. The zero-order valence-electron chi connectivity index (χ0n) is 11.2. The van der Waals surface area contributed by atoms with Crippen LogP contribution in [0.4, 0.5) is 4.39 Å². The number of guanidine groups is 1. The Hall–Kier alpha value is -0.850. The molecule has 3 nitrogen and oxygen atoms in total. The Bertz CT molecular complexity index is 411. The average Bonchev–Trinajstić information content (AvgIpc) is 2.38. The maximum Gasteiger partial charge on any atom is 0.191 e. The summed E-state index contributed by atoms with van der Waals surface area (Å²) >= 11 is 0. The van der Waals surface area contributed by atoms with Crippen molar-refractivity contribution in [1.29, 1.82) is 0 Å². The third kappa shape index (κ3) is 4.97. The van der Waals surface area contributed by atoms with E-state index < -0.39 is 0 Å². The van der Waals surface area contributed by atoms with Crippen molar-refractivity contribution in [2.45, 2.75) is 26.3 Å². The summed E-state index contributed by atoms with van der Waals surface area (Å²) in [4.78, 5) is 6.50. The summed E-state index contributed by atoms with van der Waals surface area (Å²) in [6.07, 6.45) is 2.35. The Morgan fingerprint density at radius 3 is 2.47 bits per heavy atom. The quantitative estimate of drug-likeness (QED) is 0.489. The fourth-order valence-electron chi connectivity index (χ4n) is 2.10. The molecule has 1 fully saturated rings. The molecule has 5 heteroatoms. The minimum atomic E-state index is -0.222. The van der Waals surface area contributed by atoms with Gasteiger partial charge in [0, 0.05) is 13.1 Å². The molecule has 19 heavy (non-hydrogen) atoms. The van der Waals surface area contributed by atoms with Crippen LogP contribution in [0.1, 0.15) is 25.3 Å². The van der Waals surface area contributed by atoms with E-state index in [4.69, 9.17) is 5.73 Å². The molecule has 0 bridgehead atoms. The number of likely N-dealkylation sites (tertiary alicyclic amines) is 1. The lowest BCUT2D eigenvalue weighted by atomic mass is 10.00. The molecular weight excluding hydrogens is 356 g/mol. The van der Waals surface area contributed by atoms with Crippen LogP contribution in [0.15, 0.2) is 29.3 Å². The number of hydrogen-bond acceptors (Lipinski definition) is 1. The molecule has 0 unspecified atom stereocenters. The van der Waals surface area contributed by atoms with Gasteiger partial charge in [0.15, 0.2) is 5.96 Å². The summed E-state index contributed by atoms with van der Waals surface area (Å²) in [6, 6.07) is 6.38. The molecule has 0 aromatic heterocycles. The largest absolute Gasteiger partial charge is 0.370 e. The number of benzene rings is 1. The molecule has 1 aliphatic rings. The van der Waals surface area contributed by atoms with Crippen LogP contribution in [0.3, 0.4) is 0 Å². The van der Waals surface area contributed by atoms with Crippen LogP contribution < -0.4 is 5.73 Å². The van der Waals surface area contributed by atoms with Crippen LogP contribution in [0.2, 0.25) is 0 Å². The molecule has 0 radical (unpaired) electrons. The maximum atomic E-state index is 12.7. The van der Waals surface area contributed by atoms with Crippen molar-refractivity contribution < 1.29 is 4.39 Å². The number of nitrogens with zero attached hydrogens (tertiary/aromatic N) is 2. The minimum absolute atomic E-state index is 0. The summed E-state index contributed by atoms with van der Waals surface area (Å²) in [7, 11) is 0. The summed E-state index contributed by atoms with van der Waals surface area (Å²) in [6.45, 7) is 4.75. The molecule has 0 atom stereocenters. The molecule has 2 rings (SSSR count). The zero-order valence-corrected chi connectivity index (χ0v) is 13.5. The van der Waals surface area contributed by atoms with E-state index in [0.29, 0.717) is 12.5 Å². The molecule has 1 aliphatic heterocycles. The fourth-order valence-corrected chi connectivity index (χ4v) is 2.10. The second kappa shape index (κ2) is 7.67. The molecule has 0 amide bonds. The Kier molecular flexibility index (Phi) is 6.54. The van der Waals surface area contributed by atoms with Crippen molar-refractivity contribution >= 4 is 29.9 Å². The van der Waals surface area contributed by atoms with Gasteiger partial charge in [-0.15, -0.1) is 24.0 Å². The number of hydrogen-bond donors (Lipinski definition) is 1. The first kappa shape index (κ1) is 16.2. The van der Waals surface area contributed by atoms with E-state index in [2.05, 4.69) is 16.8 Å². The van der Waals surface area contributed by atoms with Crippen LogP contribution in [-0.4, -0.2) is 23.9 Å². The van der Waals surface area contributed by atoms with E-state index in [1.165, 1.54) is 25.0 Å². The van der Waals surface area contributed by atoms with Gasteiger partial charge in [-0.3, -0.25) is 0 Å². The number of halogens is 2. The maximum absolute atomic E-state index is 12.7. The molecule has 1 aromatic rings. The van der Waals surface area contributed by atoms with Gasteiger partial charge in [0.2, 0.25) is 0 Å². The summed E-state index contributed by atoms with van der Waals surface area (Å²) in [5, 5.41) is 0. The molecule has 0 aliphatic carbocycles. The lowest BCUT2D eigenvalue weighted by molar-refractivity contribution is 0.277. The lowest BCUT2D eigenvalue weighted by Gasteiger charge is -2.31. The van der Waals surface area contributed by atoms with Crippen LogP contribution in [0.25, 0.3) is 0 Å². The normalized spacial score (nSPS) is 17.2. The molecule has 0 saturated carbocycles. The first-order valence-corrected chi connectivity index (χ1v) is 6.44. The third-order valence-corrected chi connectivity index (χ3v) is 3.44. The molecule has 0 spiro atoms. The second-order valence-corrected chi connectivity index (χ2v) is 4.97. The van der Waals surface area contributed by atoms with Gasteiger partial charge in [-0.2, -0.15) is 0 Å². The molecule has 1 heterocycles. The van der Waals surface area contributed by atoms with E-state index in [0.717, 1.165) is 24.6 Å². The average molecular weight is 377 g/mol. The zero-order chi connectivity index (χ0) is 13.0. The van der Waals surface area contributed by atoms with Gasteiger partial charge >= 0.3 is 0 Å². The first-order valence-electron chi connectivity index (χ1n) is 6.44. The van der Waals surface area contributed by atoms with Crippen LogP contribution in [-0.2, 0) is 6.54 Å². The summed E-state index contributed by atoms with van der Waals surface area (Å²) < 4.78 is 12.7. The van der Waals surface area contributed by atoms with Gasteiger partial charge in [0.05, 0.1) is 6.54 Å². The third-order valence-electron chi connectivity index (χ3n) is 3.44. The van der Waals surface area contributed by atoms with E-state index in [1.54, 1.807) is 12.1 Å². The molecule has 1 aromatic carbocycles. The predicted molar refractivity (Wildman–Crippen MR) is 87.1 cm³/mol. The van der Waals surface area contributed by atoms with Gasteiger partial charge in [-0.05, 0) is 36.5 Å².